The number of benzene rings is 1. The molecule has 2 aliphatic heterocycles. The topological polar surface area (TPSA) is 41.9 Å². The van der Waals surface area contributed by atoms with E-state index in [1.54, 1.807) is 6.07 Å². The van der Waals surface area contributed by atoms with Gasteiger partial charge in [-0.05, 0) is 6.07 Å². The van der Waals surface area contributed by atoms with E-state index < -0.39 is 6.10 Å². The summed E-state index contributed by atoms with van der Waals surface area (Å²) in [6.45, 7) is 3.57. The Morgan fingerprint density at radius 1 is 1.28 bits per heavy atom. The Morgan fingerprint density at radius 2 is 2.06 bits per heavy atom. The van der Waals surface area contributed by atoms with Crippen molar-refractivity contribution in [1.82, 2.24) is 4.90 Å². The summed E-state index contributed by atoms with van der Waals surface area (Å²) in [6, 6.07) is 5.48. The third-order valence-electron chi connectivity index (χ3n) is 3.59. The van der Waals surface area contributed by atoms with Gasteiger partial charge in [0, 0.05) is 18.7 Å². The maximum absolute atomic E-state index is 10.5. The molecule has 3 rings (SSSR count). The predicted molar refractivity (Wildman–Crippen MR) is 68.1 cm³/mol. The molecule has 2 unspecified atom stereocenters. The number of aliphatic hydroxyl groups is 1. The molecule has 4 nitrogen and oxygen atoms in total. The second-order valence-electron chi connectivity index (χ2n) is 4.63. The third-order valence-corrected chi connectivity index (χ3v) is 3.89. The molecule has 0 radical (unpaired) electrons. The van der Waals surface area contributed by atoms with Gasteiger partial charge in [0.05, 0.1) is 24.3 Å². The van der Waals surface area contributed by atoms with Gasteiger partial charge in [-0.2, -0.15) is 0 Å². The van der Waals surface area contributed by atoms with Crippen LogP contribution in [0.3, 0.4) is 0 Å². The van der Waals surface area contributed by atoms with Crippen LogP contribution in [-0.2, 0) is 4.74 Å². The van der Waals surface area contributed by atoms with Crippen LogP contribution in [0.1, 0.15) is 11.7 Å². The lowest BCUT2D eigenvalue weighted by molar-refractivity contribution is -0.0453. The first kappa shape index (κ1) is 12.2. The highest BCUT2D eigenvalue weighted by atomic mass is 35.5. The maximum Gasteiger partial charge on any atom is 0.143 e. The second-order valence-corrected chi connectivity index (χ2v) is 5.04. The number of halogens is 1. The van der Waals surface area contributed by atoms with E-state index >= 15 is 0 Å². The van der Waals surface area contributed by atoms with E-state index in [4.69, 9.17) is 21.1 Å². The average molecular weight is 270 g/mol. The number of rotatable bonds is 1. The number of fused-ring (bicyclic) bond motifs is 1. The normalized spacial score (nSPS) is 28.6. The first-order valence-electron chi connectivity index (χ1n) is 6.18. The molecular weight excluding hydrogens is 254 g/mol. The van der Waals surface area contributed by atoms with Crippen molar-refractivity contribution in [2.24, 2.45) is 0 Å². The van der Waals surface area contributed by atoms with E-state index in [1.807, 2.05) is 12.1 Å². The Bertz CT molecular complexity index is 434. The summed E-state index contributed by atoms with van der Waals surface area (Å²) >= 11 is 6.07. The molecule has 1 N–H and O–H groups in total. The molecule has 0 amide bonds. The molecule has 98 valence electrons. The molecule has 0 saturated carbocycles. The minimum atomic E-state index is -0.550. The Balaban J connectivity index is 1.84. The van der Waals surface area contributed by atoms with E-state index in [2.05, 4.69) is 4.90 Å². The molecule has 2 atom stereocenters. The summed E-state index contributed by atoms with van der Waals surface area (Å²) in [5.74, 6) is 0.621. The van der Waals surface area contributed by atoms with Crippen molar-refractivity contribution < 1.29 is 14.6 Å². The molecule has 0 bridgehead atoms. The molecule has 2 aliphatic rings. The zero-order valence-corrected chi connectivity index (χ0v) is 10.8. The number of para-hydroxylation sites is 1. The van der Waals surface area contributed by atoms with Crippen LogP contribution in [0.25, 0.3) is 0 Å². The molecule has 1 aromatic carbocycles. The van der Waals surface area contributed by atoms with E-state index in [0.717, 1.165) is 18.7 Å². The second kappa shape index (κ2) is 5.05. The van der Waals surface area contributed by atoms with Crippen LogP contribution < -0.4 is 4.74 Å². The maximum atomic E-state index is 10.5. The van der Waals surface area contributed by atoms with Crippen LogP contribution in [0, 0.1) is 0 Å². The smallest absolute Gasteiger partial charge is 0.143 e. The molecule has 1 fully saturated rings. The van der Waals surface area contributed by atoms with E-state index in [9.17, 15) is 5.11 Å². The standard InChI is InChI=1S/C13H16ClNO3/c14-10-3-1-2-9-12(16)11(8-18-13(9)10)15-4-6-17-7-5-15/h1-3,11-12,16H,4-8H2. The van der Waals surface area contributed by atoms with Crippen LogP contribution in [-0.4, -0.2) is 49.0 Å². The molecule has 0 spiro atoms. The van der Waals surface area contributed by atoms with Crippen LogP contribution in [0.4, 0.5) is 0 Å². The lowest BCUT2D eigenvalue weighted by Gasteiger charge is -2.40. The number of ether oxygens (including phenoxy) is 2. The Hall–Kier alpha value is -0.810. The van der Waals surface area contributed by atoms with Gasteiger partial charge in [-0.15, -0.1) is 0 Å². The van der Waals surface area contributed by atoms with Crippen LogP contribution in [0.2, 0.25) is 5.02 Å². The monoisotopic (exact) mass is 269 g/mol. The fraction of sp³-hybridized carbons (Fsp3) is 0.538. The van der Waals surface area contributed by atoms with Gasteiger partial charge in [-0.1, -0.05) is 23.7 Å². The van der Waals surface area contributed by atoms with Crippen molar-refractivity contribution in [3.63, 3.8) is 0 Å². The number of aliphatic hydroxyl groups excluding tert-OH is 1. The summed E-state index contributed by atoms with van der Waals surface area (Å²) in [6.07, 6.45) is -0.550. The van der Waals surface area contributed by atoms with Crippen molar-refractivity contribution in [3.05, 3.63) is 28.8 Å². The SMILES string of the molecule is OC1c2cccc(Cl)c2OCC1N1CCOCC1. The highest BCUT2D eigenvalue weighted by Gasteiger charge is 2.35. The first-order valence-corrected chi connectivity index (χ1v) is 6.56. The molecule has 0 aliphatic carbocycles. The molecule has 18 heavy (non-hydrogen) atoms. The summed E-state index contributed by atoms with van der Waals surface area (Å²) < 4.78 is 11.0. The summed E-state index contributed by atoms with van der Waals surface area (Å²) in [5.41, 5.74) is 0.783. The van der Waals surface area contributed by atoms with Crippen molar-refractivity contribution in [1.29, 1.82) is 0 Å². The van der Waals surface area contributed by atoms with Gasteiger partial charge in [0.25, 0.3) is 0 Å². The van der Waals surface area contributed by atoms with Gasteiger partial charge in [0.15, 0.2) is 0 Å². The molecular formula is C13H16ClNO3. The van der Waals surface area contributed by atoms with Crippen LogP contribution in [0.15, 0.2) is 18.2 Å². The van der Waals surface area contributed by atoms with Gasteiger partial charge in [-0.25, -0.2) is 0 Å². The largest absolute Gasteiger partial charge is 0.490 e. The Labute approximate surface area is 111 Å². The van der Waals surface area contributed by atoms with Crippen molar-refractivity contribution in [3.8, 4) is 5.75 Å². The van der Waals surface area contributed by atoms with Gasteiger partial charge in [0.2, 0.25) is 0 Å². The van der Waals surface area contributed by atoms with Gasteiger partial charge < -0.3 is 14.6 Å². The van der Waals surface area contributed by atoms with Crippen LogP contribution in [0.5, 0.6) is 5.75 Å². The van der Waals surface area contributed by atoms with Crippen molar-refractivity contribution in [2.75, 3.05) is 32.9 Å². The number of nitrogens with zero attached hydrogens (tertiary/aromatic N) is 1. The van der Waals surface area contributed by atoms with Gasteiger partial charge in [0.1, 0.15) is 18.5 Å². The highest BCUT2D eigenvalue weighted by Crippen LogP contribution is 2.39. The quantitative estimate of drug-likeness (QED) is 0.838. The summed E-state index contributed by atoms with van der Waals surface area (Å²) in [5, 5.41) is 11.0. The molecule has 5 heteroatoms. The Morgan fingerprint density at radius 3 is 2.83 bits per heavy atom. The van der Waals surface area contributed by atoms with Gasteiger partial charge in [-0.3, -0.25) is 4.90 Å². The lowest BCUT2D eigenvalue weighted by Crippen LogP contribution is -2.50. The zero-order chi connectivity index (χ0) is 12.5. The summed E-state index contributed by atoms with van der Waals surface area (Å²) in [7, 11) is 0. The first-order chi connectivity index (χ1) is 8.77. The lowest BCUT2D eigenvalue weighted by atomic mass is 9.97. The highest BCUT2D eigenvalue weighted by molar-refractivity contribution is 6.32. The number of morpholine rings is 1. The van der Waals surface area contributed by atoms with E-state index in [0.29, 0.717) is 30.6 Å². The minimum absolute atomic E-state index is 0.0140. The third kappa shape index (κ3) is 2.10. The fourth-order valence-corrected chi connectivity index (χ4v) is 2.83. The van der Waals surface area contributed by atoms with E-state index in [-0.39, 0.29) is 6.04 Å². The molecule has 2 heterocycles. The number of hydrogen-bond acceptors (Lipinski definition) is 4. The van der Waals surface area contributed by atoms with E-state index in [1.165, 1.54) is 0 Å². The average Bonchev–Trinajstić information content (AvgIpc) is 2.41. The van der Waals surface area contributed by atoms with Crippen molar-refractivity contribution >= 4 is 11.6 Å². The number of hydrogen-bond donors (Lipinski definition) is 1. The molecule has 1 saturated heterocycles. The minimum Gasteiger partial charge on any atom is -0.490 e. The molecule has 0 aromatic heterocycles. The molecule has 1 aromatic rings. The van der Waals surface area contributed by atoms with Crippen molar-refractivity contribution in [2.45, 2.75) is 12.1 Å². The zero-order valence-electron chi connectivity index (χ0n) is 10.0. The fourth-order valence-electron chi connectivity index (χ4n) is 2.59. The Kier molecular flexibility index (Phi) is 3.43. The van der Waals surface area contributed by atoms with Gasteiger partial charge >= 0.3 is 0 Å². The predicted octanol–water partition coefficient (Wildman–Crippen LogP) is 1.47. The van der Waals surface area contributed by atoms with Crippen LogP contribution >= 0.6 is 11.6 Å². The summed E-state index contributed by atoms with van der Waals surface area (Å²) in [4.78, 5) is 2.22.